The lowest BCUT2D eigenvalue weighted by Gasteiger charge is -2.25. The summed E-state index contributed by atoms with van der Waals surface area (Å²) in [5, 5.41) is 7.21. The first-order valence-electron chi connectivity index (χ1n) is 8.06. The molecule has 0 amide bonds. The topological polar surface area (TPSA) is 70.6 Å². The standard InChI is InChI=1S/C17H28ClN3O2S.HI/c1-5-19-16(20-12-14-6-8-15(18)9-7-14)21-13-17(2,3)10-11-24(4,22)23;/h6-9H,5,10-13H2,1-4H3,(H2,19,20,21);1H. The van der Waals surface area contributed by atoms with Gasteiger partial charge in [-0.2, -0.15) is 0 Å². The van der Waals surface area contributed by atoms with Crippen LogP contribution in [0, 0.1) is 5.41 Å². The Balaban J connectivity index is 0.00000576. The Morgan fingerprint density at radius 3 is 2.32 bits per heavy atom. The summed E-state index contributed by atoms with van der Waals surface area (Å²) in [6, 6.07) is 7.60. The van der Waals surface area contributed by atoms with Crippen molar-refractivity contribution in [2.24, 2.45) is 10.4 Å². The number of benzene rings is 1. The molecule has 0 heterocycles. The molecule has 0 aliphatic carbocycles. The second-order valence-corrected chi connectivity index (χ2v) is 9.42. The zero-order chi connectivity index (χ0) is 18.2. The lowest BCUT2D eigenvalue weighted by Crippen LogP contribution is -2.42. The van der Waals surface area contributed by atoms with Crippen molar-refractivity contribution < 1.29 is 8.42 Å². The Bertz CT molecular complexity index is 646. The Hall–Kier alpha value is -0.540. The van der Waals surface area contributed by atoms with E-state index in [-0.39, 0.29) is 35.1 Å². The van der Waals surface area contributed by atoms with Crippen molar-refractivity contribution in [3.63, 3.8) is 0 Å². The van der Waals surface area contributed by atoms with Gasteiger partial charge in [-0.05, 0) is 36.5 Å². The number of nitrogens with zero attached hydrogens (tertiary/aromatic N) is 1. The highest BCUT2D eigenvalue weighted by Gasteiger charge is 2.20. The lowest BCUT2D eigenvalue weighted by molar-refractivity contribution is 0.348. The van der Waals surface area contributed by atoms with E-state index in [0.717, 1.165) is 18.1 Å². The molecule has 0 aromatic heterocycles. The van der Waals surface area contributed by atoms with Gasteiger partial charge in [-0.1, -0.05) is 37.6 Å². The van der Waals surface area contributed by atoms with E-state index in [9.17, 15) is 8.42 Å². The quantitative estimate of drug-likeness (QED) is 0.325. The molecule has 0 saturated carbocycles. The minimum absolute atomic E-state index is 0. The van der Waals surface area contributed by atoms with E-state index in [1.165, 1.54) is 6.26 Å². The van der Waals surface area contributed by atoms with Gasteiger partial charge in [0.15, 0.2) is 5.96 Å². The average Bonchev–Trinajstić information content (AvgIpc) is 2.49. The monoisotopic (exact) mass is 501 g/mol. The first kappa shape index (κ1) is 24.5. The molecule has 1 aromatic rings. The molecule has 0 aliphatic rings. The normalized spacial score (nSPS) is 12.4. The van der Waals surface area contributed by atoms with Gasteiger partial charge in [-0.15, -0.1) is 24.0 Å². The minimum Gasteiger partial charge on any atom is -0.357 e. The molecule has 2 N–H and O–H groups in total. The second-order valence-electron chi connectivity index (χ2n) is 6.72. The zero-order valence-corrected chi connectivity index (χ0v) is 19.2. The number of nitrogens with one attached hydrogen (secondary N) is 2. The van der Waals surface area contributed by atoms with Gasteiger partial charge in [0.25, 0.3) is 0 Å². The van der Waals surface area contributed by atoms with E-state index < -0.39 is 9.84 Å². The molecule has 0 fully saturated rings. The summed E-state index contributed by atoms with van der Waals surface area (Å²) in [5.74, 6) is 0.917. The third kappa shape index (κ3) is 11.6. The second kappa shape index (κ2) is 11.2. The van der Waals surface area contributed by atoms with Crippen molar-refractivity contribution in [2.75, 3.05) is 25.1 Å². The van der Waals surface area contributed by atoms with Gasteiger partial charge in [0, 0.05) is 24.4 Å². The average molecular weight is 502 g/mol. The van der Waals surface area contributed by atoms with E-state index in [4.69, 9.17) is 11.6 Å². The van der Waals surface area contributed by atoms with Crippen molar-refractivity contribution >= 4 is 51.4 Å². The number of hydrogen-bond donors (Lipinski definition) is 2. The summed E-state index contributed by atoms with van der Waals surface area (Å²) < 4.78 is 22.7. The molecular formula is C17H29ClIN3O2S. The van der Waals surface area contributed by atoms with Crippen LogP contribution in [-0.4, -0.2) is 39.5 Å². The van der Waals surface area contributed by atoms with Crippen molar-refractivity contribution in [1.29, 1.82) is 0 Å². The summed E-state index contributed by atoms with van der Waals surface area (Å²) in [6.45, 7) is 8.07. The van der Waals surface area contributed by atoms with E-state index in [1.54, 1.807) is 0 Å². The molecule has 0 aliphatic heterocycles. The fraction of sp³-hybridized carbons (Fsp3) is 0.588. The van der Waals surface area contributed by atoms with E-state index in [2.05, 4.69) is 15.6 Å². The van der Waals surface area contributed by atoms with Crippen molar-refractivity contribution in [3.05, 3.63) is 34.9 Å². The van der Waals surface area contributed by atoms with Crippen LogP contribution >= 0.6 is 35.6 Å². The van der Waals surface area contributed by atoms with Crippen LogP contribution in [0.25, 0.3) is 0 Å². The molecule has 0 saturated heterocycles. The molecule has 8 heteroatoms. The summed E-state index contributed by atoms with van der Waals surface area (Å²) in [6.07, 6.45) is 1.88. The highest BCUT2D eigenvalue weighted by molar-refractivity contribution is 14.0. The maximum absolute atomic E-state index is 11.3. The summed E-state index contributed by atoms with van der Waals surface area (Å²) in [7, 11) is -2.94. The first-order chi connectivity index (χ1) is 11.1. The molecule has 0 unspecified atom stereocenters. The number of sulfone groups is 1. The molecule has 0 spiro atoms. The number of aliphatic imine (C=N–C) groups is 1. The predicted molar refractivity (Wildman–Crippen MR) is 118 cm³/mol. The highest BCUT2D eigenvalue weighted by atomic mass is 127. The number of hydrogen-bond acceptors (Lipinski definition) is 3. The van der Waals surface area contributed by atoms with Crippen molar-refractivity contribution in [1.82, 2.24) is 10.6 Å². The van der Waals surface area contributed by atoms with Crippen LogP contribution in [0.2, 0.25) is 5.02 Å². The fourth-order valence-corrected chi connectivity index (χ4v) is 3.02. The van der Waals surface area contributed by atoms with E-state index >= 15 is 0 Å². The van der Waals surface area contributed by atoms with Crippen molar-refractivity contribution in [3.8, 4) is 0 Å². The van der Waals surface area contributed by atoms with Gasteiger partial charge in [-0.3, -0.25) is 0 Å². The third-order valence-electron chi connectivity index (χ3n) is 3.56. The van der Waals surface area contributed by atoms with Gasteiger partial charge < -0.3 is 10.6 Å². The van der Waals surface area contributed by atoms with Gasteiger partial charge in [0.1, 0.15) is 9.84 Å². The van der Waals surface area contributed by atoms with Crippen LogP contribution in [0.4, 0.5) is 0 Å². The molecule has 0 atom stereocenters. The van der Waals surface area contributed by atoms with Gasteiger partial charge >= 0.3 is 0 Å². The first-order valence-corrected chi connectivity index (χ1v) is 10.5. The smallest absolute Gasteiger partial charge is 0.191 e. The fourth-order valence-electron chi connectivity index (χ4n) is 1.97. The van der Waals surface area contributed by atoms with Crippen LogP contribution in [0.1, 0.15) is 32.8 Å². The maximum atomic E-state index is 11.3. The van der Waals surface area contributed by atoms with E-state index in [0.29, 0.717) is 24.5 Å². The predicted octanol–water partition coefficient (Wildman–Crippen LogP) is 3.47. The molecule has 0 bridgehead atoms. The van der Waals surface area contributed by atoms with Crippen LogP contribution in [0.5, 0.6) is 0 Å². The third-order valence-corrected chi connectivity index (χ3v) is 4.76. The molecule has 144 valence electrons. The van der Waals surface area contributed by atoms with Gasteiger partial charge in [-0.25, -0.2) is 13.4 Å². The molecule has 5 nitrogen and oxygen atoms in total. The zero-order valence-electron chi connectivity index (χ0n) is 15.3. The molecule has 0 radical (unpaired) electrons. The maximum Gasteiger partial charge on any atom is 0.191 e. The largest absolute Gasteiger partial charge is 0.357 e. The molecular weight excluding hydrogens is 473 g/mol. The summed E-state index contributed by atoms with van der Waals surface area (Å²) in [5.41, 5.74) is 0.937. The number of guanidine groups is 1. The SMILES string of the molecule is CCNC(=NCc1ccc(Cl)cc1)NCC(C)(C)CCS(C)(=O)=O.I. The molecule has 25 heavy (non-hydrogen) atoms. The summed E-state index contributed by atoms with van der Waals surface area (Å²) >= 11 is 5.88. The number of halogens is 2. The molecule has 1 aromatic carbocycles. The lowest BCUT2D eigenvalue weighted by atomic mass is 9.90. The van der Waals surface area contributed by atoms with Crippen molar-refractivity contribution in [2.45, 2.75) is 33.7 Å². The molecule has 1 rings (SSSR count). The Labute approximate surface area is 174 Å². The Morgan fingerprint density at radius 2 is 1.80 bits per heavy atom. The van der Waals surface area contributed by atoms with E-state index in [1.807, 2.05) is 45.0 Å². The summed E-state index contributed by atoms with van der Waals surface area (Å²) in [4.78, 5) is 4.56. The van der Waals surface area contributed by atoms with Crippen LogP contribution in [0.15, 0.2) is 29.3 Å². The highest BCUT2D eigenvalue weighted by Crippen LogP contribution is 2.19. The van der Waals surface area contributed by atoms with Gasteiger partial charge in [0.05, 0.1) is 12.3 Å². The van der Waals surface area contributed by atoms with Gasteiger partial charge in [0.2, 0.25) is 0 Å². The Kier molecular flexibility index (Phi) is 11.0. The number of rotatable bonds is 8. The Morgan fingerprint density at radius 1 is 1.20 bits per heavy atom. The van der Waals surface area contributed by atoms with Crippen LogP contribution in [0.3, 0.4) is 0 Å². The van der Waals surface area contributed by atoms with Crippen LogP contribution in [-0.2, 0) is 16.4 Å². The van der Waals surface area contributed by atoms with Crippen LogP contribution < -0.4 is 10.6 Å². The minimum atomic E-state index is -2.94.